The maximum Gasteiger partial charge on any atom is 0.331 e. The molecule has 22 heavy (non-hydrogen) atoms. The van der Waals surface area contributed by atoms with Crippen LogP contribution < -0.4 is 10.6 Å². The van der Waals surface area contributed by atoms with E-state index in [2.05, 4.69) is 17.6 Å². The minimum Gasteiger partial charge on any atom is -0.467 e. The third kappa shape index (κ3) is 4.22. The Bertz CT molecular complexity index is 383. The molecule has 2 N–H and O–H groups in total. The molecule has 2 fully saturated rings. The topological polar surface area (TPSA) is 67.4 Å². The lowest BCUT2D eigenvalue weighted by atomic mass is 9.75. The number of methoxy groups -OCH3 is 1. The lowest BCUT2D eigenvalue weighted by molar-refractivity contribution is -0.153. The smallest absolute Gasteiger partial charge is 0.331 e. The molecule has 5 heteroatoms. The van der Waals surface area contributed by atoms with Crippen molar-refractivity contribution in [3.05, 3.63) is 0 Å². The Labute approximate surface area is 133 Å². The number of ether oxygens (including phenoxy) is 1. The fourth-order valence-corrected chi connectivity index (χ4v) is 3.78. The summed E-state index contributed by atoms with van der Waals surface area (Å²) in [5.41, 5.74) is -0.786. The van der Waals surface area contributed by atoms with Gasteiger partial charge in [-0.05, 0) is 63.5 Å². The molecule has 2 aliphatic rings. The normalized spacial score (nSPS) is 31.7. The molecule has 1 aliphatic heterocycles. The number of rotatable bonds is 6. The first-order valence-electron chi connectivity index (χ1n) is 8.69. The fraction of sp³-hybridized carbons (Fsp3) is 0.882. The van der Waals surface area contributed by atoms with Gasteiger partial charge in [-0.15, -0.1) is 0 Å². The first kappa shape index (κ1) is 17.3. The van der Waals surface area contributed by atoms with E-state index in [0.29, 0.717) is 31.1 Å². The second-order valence-corrected chi connectivity index (χ2v) is 6.87. The molecule has 0 bridgehead atoms. The summed E-state index contributed by atoms with van der Waals surface area (Å²) in [6, 6.07) is 0. The molecule has 1 heterocycles. The van der Waals surface area contributed by atoms with Gasteiger partial charge in [0.25, 0.3) is 0 Å². The minimum atomic E-state index is -0.786. The predicted octanol–water partition coefficient (Wildman–Crippen LogP) is 2.00. The van der Waals surface area contributed by atoms with Crippen molar-refractivity contribution in [1.29, 1.82) is 0 Å². The Morgan fingerprint density at radius 1 is 1.23 bits per heavy atom. The van der Waals surface area contributed by atoms with E-state index in [-0.39, 0.29) is 11.9 Å². The standard InChI is InChI=1S/C17H30N2O3/c1-3-13-6-9-17(10-7-13,16(21)22-2)19-15(20)5-4-14-8-11-18-12-14/h13-14,18H,3-12H2,1-2H3,(H,19,20). The number of hydrogen-bond donors (Lipinski definition) is 2. The second-order valence-electron chi connectivity index (χ2n) is 6.87. The Morgan fingerprint density at radius 2 is 1.95 bits per heavy atom. The molecule has 1 unspecified atom stereocenters. The van der Waals surface area contributed by atoms with Crippen LogP contribution in [-0.2, 0) is 14.3 Å². The van der Waals surface area contributed by atoms with Crippen LogP contribution in [0.3, 0.4) is 0 Å². The average molecular weight is 310 g/mol. The number of amides is 1. The van der Waals surface area contributed by atoms with Crippen LogP contribution in [0.4, 0.5) is 0 Å². The summed E-state index contributed by atoms with van der Waals surface area (Å²) in [5.74, 6) is 0.972. The molecule has 2 rings (SSSR count). The quantitative estimate of drug-likeness (QED) is 0.736. The van der Waals surface area contributed by atoms with Gasteiger partial charge in [-0.25, -0.2) is 4.79 Å². The van der Waals surface area contributed by atoms with Crippen molar-refractivity contribution in [2.75, 3.05) is 20.2 Å². The lowest BCUT2D eigenvalue weighted by Crippen LogP contribution is -2.56. The number of esters is 1. The van der Waals surface area contributed by atoms with Crippen molar-refractivity contribution < 1.29 is 14.3 Å². The molecule has 1 aliphatic carbocycles. The fourth-order valence-electron chi connectivity index (χ4n) is 3.78. The molecule has 1 amide bonds. The van der Waals surface area contributed by atoms with Crippen molar-refractivity contribution in [3.63, 3.8) is 0 Å². The van der Waals surface area contributed by atoms with Crippen LogP contribution in [-0.4, -0.2) is 37.6 Å². The Balaban J connectivity index is 1.88. The van der Waals surface area contributed by atoms with E-state index < -0.39 is 5.54 Å². The van der Waals surface area contributed by atoms with Crippen molar-refractivity contribution in [2.45, 2.75) is 63.8 Å². The van der Waals surface area contributed by atoms with Gasteiger partial charge < -0.3 is 15.4 Å². The summed E-state index contributed by atoms with van der Waals surface area (Å²) in [7, 11) is 1.41. The van der Waals surface area contributed by atoms with E-state index in [9.17, 15) is 9.59 Å². The molecule has 1 atom stereocenters. The Kier molecular flexibility index (Phi) is 6.24. The van der Waals surface area contributed by atoms with Crippen molar-refractivity contribution >= 4 is 11.9 Å². The first-order chi connectivity index (χ1) is 10.6. The van der Waals surface area contributed by atoms with E-state index in [1.165, 1.54) is 7.11 Å². The summed E-state index contributed by atoms with van der Waals surface area (Å²) in [6.07, 6.45) is 7.06. The maximum absolute atomic E-state index is 12.3. The van der Waals surface area contributed by atoms with Gasteiger partial charge in [0.05, 0.1) is 7.11 Å². The maximum atomic E-state index is 12.3. The lowest BCUT2D eigenvalue weighted by Gasteiger charge is -2.38. The largest absolute Gasteiger partial charge is 0.467 e. The third-order valence-corrected chi connectivity index (χ3v) is 5.43. The van der Waals surface area contributed by atoms with E-state index >= 15 is 0 Å². The van der Waals surface area contributed by atoms with E-state index in [1.54, 1.807) is 0 Å². The molecule has 0 aromatic carbocycles. The van der Waals surface area contributed by atoms with Gasteiger partial charge >= 0.3 is 5.97 Å². The first-order valence-corrected chi connectivity index (χ1v) is 8.69. The van der Waals surface area contributed by atoms with E-state index in [0.717, 1.165) is 45.2 Å². The van der Waals surface area contributed by atoms with Gasteiger partial charge in [-0.2, -0.15) is 0 Å². The molecule has 5 nitrogen and oxygen atoms in total. The zero-order chi connectivity index (χ0) is 16.0. The molecule has 0 radical (unpaired) electrons. The minimum absolute atomic E-state index is 0.00718. The molecular weight excluding hydrogens is 280 g/mol. The highest BCUT2D eigenvalue weighted by molar-refractivity contribution is 5.88. The predicted molar refractivity (Wildman–Crippen MR) is 85.3 cm³/mol. The van der Waals surface area contributed by atoms with Gasteiger partial charge in [-0.1, -0.05) is 13.3 Å². The summed E-state index contributed by atoms with van der Waals surface area (Å²) >= 11 is 0. The summed E-state index contributed by atoms with van der Waals surface area (Å²) in [5, 5.41) is 6.34. The van der Waals surface area contributed by atoms with Crippen LogP contribution in [0.2, 0.25) is 0 Å². The molecular formula is C17H30N2O3. The molecule has 0 spiro atoms. The van der Waals surface area contributed by atoms with Gasteiger partial charge in [-0.3, -0.25) is 4.79 Å². The summed E-state index contributed by atoms with van der Waals surface area (Å²) < 4.78 is 4.98. The SMILES string of the molecule is CCC1CCC(NC(=O)CCC2CCNC2)(C(=O)OC)CC1. The van der Waals surface area contributed by atoms with Gasteiger partial charge in [0.2, 0.25) is 5.91 Å². The summed E-state index contributed by atoms with van der Waals surface area (Å²) in [6.45, 7) is 4.24. The molecule has 126 valence electrons. The Morgan fingerprint density at radius 3 is 2.50 bits per heavy atom. The van der Waals surface area contributed by atoms with Crippen molar-refractivity contribution in [3.8, 4) is 0 Å². The second kappa shape index (κ2) is 7.95. The number of carbonyl (C=O) groups excluding carboxylic acids is 2. The van der Waals surface area contributed by atoms with Crippen LogP contribution in [0.25, 0.3) is 0 Å². The molecule has 0 aromatic rings. The monoisotopic (exact) mass is 310 g/mol. The number of nitrogens with one attached hydrogen (secondary N) is 2. The highest BCUT2D eigenvalue weighted by Crippen LogP contribution is 2.34. The van der Waals surface area contributed by atoms with Gasteiger partial charge in [0, 0.05) is 6.42 Å². The van der Waals surface area contributed by atoms with Crippen molar-refractivity contribution in [1.82, 2.24) is 10.6 Å². The molecule has 1 saturated carbocycles. The van der Waals surface area contributed by atoms with Gasteiger partial charge in [0.1, 0.15) is 5.54 Å². The van der Waals surface area contributed by atoms with Gasteiger partial charge in [0.15, 0.2) is 0 Å². The van der Waals surface area contributed by atoms with E-state index in [4.69, 9.17) is 4.74 Å². The van der Waals surface area contributed by atoms with E-state index in [1.807, 2.05) is 0 Å². The third-order valence-electron chi connectivity index (χ3n) is 5.43. The zero-order valence-electron chi connectivity index (χ0n) is 14.0. The van der Waals surface area contributed by atoms with Crippen molar-refractivity contribution in [2.24, 2.45) is 11.8 Å². The number of carbonyl (C=O) groups is 2. The highest BCUT2D eigenvalue weighted by Gasteiger charge is 2.43. The van der Waals surface area contributed by atoms with Crippen LogP contribution in [0.1, 0.15) is 58.3 Å². The van der Waals surface area contributed by atoms with Crippen LogP contribution in [0, 0.1) is 11.8 Å². The van der Waals surface area contributed by atoms with Crippen LogP contribution in [0.5, 0.6) is 0 Å². The molecule has 0 aromatic heterocycles. The Hall–Kier alpha value is -1.10. The zero-order valence-corrected chi connectivity index (χ0v) is 14.0. The molecule has 1 saturated heterocycles. The number of hydrogen-bond acceptors (Lipinski definition) is 4. The van der Waals surface area contributed by atoms with Crippen LogP contribution >= 0.6 is 0 Å². The van der Waals surface area contributed by atoms with Crippen LogP contribution in [0.15, 0.2) is 0 Å². The summed E-state index contributed by atoms with van der Waals surface area (Å²) in [4.78, 5) is 24.5. The average Bonchev–Trinajstić information content (AvgIpc) is 3.06. The highest BCUT2D eigenvalue weighted by atomic mass is 16.5.